The normalized spacial score (nSPS) is 20.5. The van der Waals surface area contributed by atoms with Crippen molar-refractivity contribution in [2.24, 2.45) is 5.41 Å². The molecule has 1 aromatic heterocycles. The Morgan fingerprint density at radius 3 is 3.00 bits per heavy atom. The van der Waals surface area contributed by atoms with E-state index in [1.54, 1.807) is 6.07 Å². The van der Waals surface area contributed by atoms with Crippen molar-refractivity contribution in [3.8, 4) is 6.07 Å². The Balaban J connectivity index is 2.07. The molecular weight excluding hydrogens is 270 g/mol. The number of nitriles is 1. The van der Waals surface area contributed by atoms with Crippen LogP contribution in [0.4, 0.5) is 11.5 Å². The van der Waals surface area contributed by atoms with Crippen molar-refractivity contribution in [1.82, 2.24) is 10.3 Å². The van der Waals surface area contributed by atoms with Crippen LogP contribution in [-0.2, 0) is 0 Å². The van der Waals surface area contributed by atoms with E-state index in [9.17, 15) is 10.1 Å². The van der Waals surface area contributed by atoms with Crippen molar-refractivity contribution < 1.29 is 4.92 Å². The summed E-state index contributed by atoms with van der Waals surface area (Å²) in [4.78, 5) is 14.2. The number of pyridine rings is 1. The summed E-state index contributed by atoms with van der Waals surface area (Å²) in [5.41, 5.74) is -0.246. The van der Waals surface area contributed by atoms with Gasteiger partial charge in [0.15, 0.2) is 0 Å². The van der Waals surface area contributed by atoms with Crippen LogP contribution in [-0.4, -0.2) is 29.0 Å². The van der Waals surface area contributed by atoms with E-state index >= 15 is 0 Å². The van der Waals surface area contributed by atoms with Gasteiger partial charge in [-0.3, -0.25) is 10.1 Å². The molecule has 1 saturated heterocycles. The highest BCUT2D eigenvalue weighted by atomic mass is 16.6. The van der Waals surface area contributed by atoms with E-state index < -0.39 is 4.92 Å². The second kappa shape index (κ2) is 6.06. The van der Waals surface area contributed by atoms with Crippen molar-refractivity contribution in [3.63, 3.8) is 0 Å². The molecule has 0 aromatic carbocycles. The summed E-state index contributed by atoms with van der Waals surface area (Å²) >= 11 is 0. The quantitative estimate of drug-likeness (QED) is 0.649. The van der Waals surface area contributed by atoms with Gasteiger partial charge in [0.05, 0.1) is 4.92 Å². The van der Waals surface area contributed by atoms with Crippen LogP contribution < -0.4 is 10.6 Å². The van der Waals surface area contributed by atoms with Crippen LogP contribution in [0.15, 0.2) is 12.1 Å². The Morgan fingerprint density at radius 1 is 1.62 bits per heavy atom. The SMILES string of the molecule is CC1(C)CCCNC1CNc1ccc([N+](=O)[O-])c(C#N)n1. The Hall–Kier alpha value is -2.20. The molecule has 112 valence electrons. The number of nitrogens with zero attached hydrogens (tertiary/aromatic N) is 3. The molecule has 0 amide bonds. The third-order valence-electron chi connectivity index (χ3n) is 4.00. The summed E-state index contributed by atoms with van der Waals surface area (Å²) in [5, 5.41) is 26.3. The fourth-order valence-corrected chi connectivity index (χ4v) is 2.61. The first-order valence-electron chi connectivity index (χ1n) is 6.97. The van der Waals surface area contributed by atoms with Gasteiger partial charge in [-0.25, -0.2) is 4.98 Å². The van der Waals surface area contributed by atoms with Crippen LogP contribution in [0.1, 0.15) is 32.4 Å². The zero-order chi connectivity index (χ0) is 15.5. The van der Waals surface area contributed by atoms with Gasteiger partial charge in [-0.05, 0) is 30.9 Å². The standard InChI is InChI=1S/C14H19N5O2/c1-14(2)6-3-7-16-12(14)9-17-13-5-4-11(19(20)21)10(8-15)18-13/h4-5,12,16H,3,6-7,9H2,1-2H3,(H,17,18). The van der Waals surface area contributed by atoms with Gasteiger partial charge in [-0.2, -0.15) is 5.26 Å². The number of nitrogens with one attached hydrogen (secondary N) is 2. The van der Waals surface area contributed by atoms with Gasteiger partial charge < -0.3 is 10.6 Å². The average Bonchev–Trinajstić information content (AvgIpc) is 2.45. The fourth-order valence-electron chi connectivity index (χ4n) is 2.61. The van der Waals surface area contributed by atoms with Crippen molar-refractivity contribution in [1.29, 1.82) is 5.26 Å². The monoisotopic (exact) mass is 289 g/mol. The maximum Gasteiger partial charge on any atom is 0.305 e. The molecular formula is C14H19N5O2. The van der Waals surface area contributed by atoms with Crippen LogP contribution in [0, 0.1) is 26.9 Å². The predicted octanol–water partition coefficient (Wildman–Crippen LogP) is 2.05. The smallest absolute Gasteiger partial charge is 0.305 e. The Morgan fingerprint density at radius 2 is 2.38 bits per heavy atom. The third kappa shape index (κ3) is 3.47. The predicted molar refractivity (Wildman–Crippen MR) is 78.9 cm³/mol. The number of hydrogen-bond acceptors (Lipinski definition) is 6. The zero-order valence-electron chi connectivity index (χ0n) is 12.2. The first-order valence-corrected chi connectivity index (χ1v) is 6.97. The lowest BCUT2D eigenvalue weighted by molar-refractivity contribution is -0.385. The van der Waals surface area contributed by atoms with E-state index in [-0.39, 0.29) is 16.8 Å². The van der Waals surface area contributed by atoms with E-state index in [1.165, 1.54) is 12.1 Å². The second-order valence-electron chi connectivity index (χ2n) is 5.91. The molecule has 1 unspecified atom stereocenters. The van der Waals surface area contributed by atoms with Gasteiger partial charge in [-0.1, -0.05) is 13.8 Å². The van der Waals surface area contributed by atoms with Gasteiger partial charge in [0.2, 0.25) is 5.69 Å². The van der Waals surface area contributed by atoms with Crippen LogP contribution in [0.25, 0.3) is 0 Å². The highest BCUT2D eigenvalue weighted by molar-refractivity contribution is 5.50. The molecule has 1 aliphatic heterocycles. The van der Waals surface area contributed by atoms with Crippen molar-refractivity contribution in [2.45, 2.75) is 32.7 Å². The molecule has 0 saturated carbocycles. The molecule has 1 aromatic rings. The highest BCUT2D eigenvalue weighted by Crippen LogP contribution is 2.30. The molecule has 1 aliphatic rings. The minimum absolute atomic E-state index is 0.166. The molecule has 1 atom stereocenters. The van der Waals surface area contributed by atoms with Gasteiger partial charge in [0, 0.05) is 18.7 Å². The maximum absolute atomic E-state index is 10.8. The van der Waals surface area contributed by atoms with E-state index in [2.05, 4.69) is 29.5 Å². The van der Waals surface area contributed by atoms with Gasteiger partial charge in [0.25, 0.3) is 0 Å². The average molecular weight is 289 g/mol. The number of anilines is 1. The minimum atomic E-state index is -0.596. The number of piperidine rings is 1. The van der Waals surface area contributed by atoms with E-state index in [0.717, 1.165) is 19.4 Å². The first-order chi connectivity index (χ1) is 9.94. The summed E-state index contributed by atoms with van der Waals surface area (Å²) in [5.74, 6) is 0.486. The molecule has 0 aliphatic carbocycles. The maximum atomic E-state index is 10.8. The third-order valence-corrected chi connectivity index (χ3v) is 4.00. The number of hydrogen-bond donors (Lipinski definition) is 2. The number of nitro groups is 1. The second-order valence-corrected chi connectivity index (χ2v) is 5.91. The van der Waals surface area contributed by atoms with Gasteiger partial charge in [0.1, 0.15) is 11.9 Å². The van der Waals surface area contributed by atoms with E-state index in [0.29, 0.717) is 18.4 Å². The summed E-state index contributed by atoms with van der Waals surface area (Å²) < 4.78 is 0. The van der Waals surface area contributed by atoms with Crippen LogP contribution in [0.5, 0.6) is 0 Å². The topological polar surface area (TPSA) is 104 Å². The summed E-state index contributed by atoms with van der Waals surface area (Å²) in [6.45, 7) is 6.10. The molecule has 0 spiro atoms. The summed E-state index contributed by atoms with van der Waals surface area (Å²) in [6, 6.07) is 4.91. The molecule has 0 radical (unpaired) electrons. The van der Waals surface area contributed by atoms with Crippen LogP contribution >= 0.6 is 0 Å². The molecule has 2 heterocycles. The Bertz CT molecular complexity index is 579. The van der Waals surface area contributed by atoms with Crippen molar-refractivity contribution in [3.05, 3.63) is 27.9 Å². The number of rotatable bonds is 4. The largest absolute Gasteiger partial charge is 0.368 e. The van der Waals surface area contributed by atoms with Crippen LogP contribution in [0.3, 0.4) is 0 Å². The van der Waals surface area contributed by atoms with E-state index in [4.69, 9.17) is 5.26 Å². The molecule has 0 bridgehead atoms. The fraction of sp³-hybridized carbons (Fsp3) is 0.571. The summed E-state index contributed by atoms with van der Waals surface area (Å²) in [6.07, 6.45) is 2.32. The molecule has 1 fully saturated rings. The lowest BCUT2D eigenvalue weighted by Crippen LogP contribution is -2.50. The first kappa shape index (κ1) is 15.2. The molecule has 2 N–H and O–H groups in total. The highest BCUT2D eigenvalue weighted by Gasteiger charge is 2.31. The molecule has 7 heteroatoms. The Kier molecular flexibility index (Phi) is 4.38. The number of aromatic nitrogens is 1. The lowest BCUT2D eigenvalue weighted by Gasteiger charge is -2.39. The van der Waals surface area contributed by atoms with E-state index in [1.807, 2.05) is 0 Å². The van der Waals surface area contributed by atoms with Gasteiger partial charge in [-0.15, -0.1) is 0 Å². The van der Waals surface area contributed by atoms with Crippen molar-refractivity contribution in [2.75, 3.05) is 18.4 Å². The van der Waals surface area contributed by atoms with Crippen molar-refractivity contribution >= 4 is 11.5 Å². The minimum Gasteiger partial charge on any atom is -0.368 e. The zero-order valence-corrected chi connectivity index (χ0v) is 12.2. The summed E-state index contributed by atoms with van der Waals surface area (Å²) in [7, 11) is 0. The molecule has 21 heavy (non-hydrogen) atoms. The van der Waals surface area contributed by atoms with Gasteiger partial charge >= 0.3 is 5.69 Å². The Labute approximate surface area is 123 Å². The molecule has 7 nitrogen and oxygen atoms in total. The van der Waals surface area contributed by atoms with Crippen LogP contribution in [0.2, 0.25) is 0 Å². The lowest BCUT2D eigenvalue weighted by atomic mass is 9.77. The molecule has 2 rings (SSSR count).